The summed E-state index contributed by atoms with van der Waals surface area (Å²) in [6, 6.07) is 8.63. The summed E-state index contributed by atoms with van der Waals surface area (Å²) in [6.45, 7) is 2.76. The summed E-state index contributed by atoms with van der Waals surface area (Å²) in [4.78, 5) is 15.0. The van der Waals surface area contributed by atoms with Gasteiger partial charge in [-0.2, -0.15) is 11.8 Å². The van der Waals surface area contributed by atoms with E-state index in [1.807, 2.05) is 24.3 Å². The number of nitrogens with one attached hydrogen (secondary N) is 1. The van der Waals surface area contributed by atoms with Crippen LogP contribution in [0.2, 0.25) is 0 Å². The molecule has 3 rings (SSSR count). The van der Waals surface area contributed by atoms with Gasteiger partial charge in [-0.25, -0.2) is 0 Å². The number of nitrogens with zero attached hydrogens (tertiary/aromatic N) is 1. The Kier molecular flexibility index (Phi) is 6.44. The normalized spacial score (nSPS) is 20.7. The van der Waals surface area contributed by atoms with Crippen molar-refractivity contribution < 1.29 is 9.53 Å². The minimum absolute atomic E-state index is 0.178. The van der Waals surface area contributed by atoms with Crippen LogP contribution in [0.1, 0.15) is 31.2 Å². The quantitative estimate of drug-likeness (QED) is 0.888. The zero-order valence-electron chi connectivity index (χ0n) is 14.5. The van der Waals surface area contributed by atoms with E-state index in [9.17, 15) is 4.79 Å². The number of thioether (sulfide) groups is 1. The van der Waals surface area contributed by atoms with Gasteiger partial charge in [-0.05, 0) is 68.0 Å². The summed E-state index contributed by atoms with van der Waals surface area (Å²) in [5.41, 5.74) is 1.11. The van der Waals surface area contributed by atoms with E-state index >= 15 is 0 Å². The summed E-state index contributed by atoms with van der Waals surface area (Å²) in [5.74, 6) is 3.83. The van der Waals surface area contributed by atoms with Gasteiger partial charge in [-0.15, -0.1) is 0 Å². The van der Waals surface area contributed by atoms with Crippen molar-refractivity contribution in [3.05, 3.63) is 29.8 Å². The lowest BCUT2D eigenvalue weighted by Gasteiger charge is -2.38. The Bertz CT molecular complexity index is 521. The lowest BCUT2D eigenvalue weighted by atomic mass is 9.94. The number of hydrogen-bond donors (Lipinski definition) is 1. The molecule has 0 atom stereocenters. The number of carbonyl (C=O) groups is 1. The van der Waals surface area contributed by atoms with Crippen molar-refractivity contribution in [3.63, 3.8) is 0 Å². The molecule has 2 aliphatic rings. The third kappa shape index (κ3) is 4.67. The Balaban J connectivity index is 1.41. The summed E-state index contributed by atoms with van der Waals surface area (Å²) in [7, 11) is 1.66. The molecule has 0 saturated carbocycles. The number of rotatable bonds is 5. The predicted octanol–water partition coefficient (Wildman–Crippen LogP) is 2.92. The zero-order chi connectivity index (χ0) is 16.8. The number of methoxy groups -OCH3 is 1. The molecule has 132 valence electrons. The van der Waals surface area contributed by atoms with Crippen molar-refractivity contribution in [1.82, 2.24) is 10.2 Å². The van der Waals surface area contributed by atoms with Gasteiger partial charge in [0.15, 0.2) is 0 Å². The topological polar surface area (TPSA) is 41.6 Å². The zero-order valence-corrected chi connectivity index (χ0v) is 15.3. The van der Waals surface area contributed by atoms with Gasteiger partial charge >= 0.3 is 0 Å². The largest absolute Gasteiger partial charge is 0.497 e. The Hall–Kier alpha value is -1.20. The van der Waals surface area contributed by atoms with Crippen molar-refractivity contribution in [2.24, 2.45) is 5.92 Å². The molecule has 0 radical (unpaired) electrons. The summed E-state index contributed by atoms with van der Waals surface area (Å²) < 4.78 is 5.16. The van der Waals surface area contributed by atoms with Gasteiger partial charge in [-0.3, -0.25) is 4.79 Å². The molecule has 2 heterocycles. The fourth-order valence-corrected chi connectivity index (χ4v) is 4.74. The van der Waals surface area contributed by atoms with Crippen LogP contribution in [0.25, 0.3) is 0 Å². The van der Waals surface area contributed by atoms with Crippen molar-refractivity contribution in [3.8, 4) is 5.75 Å². The molecule has 4 nitrogen and oxygen atoms in total. The first kappa shape index (κ1) is 17.6. The Morgan fingerprint density at radius 2 is 1.83 bits per heavy atom. The molecule has 1 amide bonds. The lowest BCUT2D eigenvalue weighted by Crippen LogP contribution is -2.45. The van der Waals surface area contributed by atoms with Crippen LogP contribution in [0, 0.1) is 5.92 Å². The van der Waals surface area contributed by atoms with Gasteiger partial charge in [0, 0.05) is 18.5 Å². The minimum atomic E-state index is 0.178. The van der Waals surface area contributed by atoms with Crippen LogP contribution < -0.4 is 10.1 Å². The van der Waals surface area contributed by atoms with Gasteiger partial charge in [0.25, 0.3) is 0 Å². The second-order valence-corrected chi connectivity index (χ2v) is 7.94. The highest BCUT2D eigenvalue weighted by molar-refractivity contribution is 7.99. The highest BCUT2D eigenvalue weighted by Crippen LogP contribution is 2.26. The SMILES string of the molecule is COc1ccc(CNC(=O)C2CCN(C3CCSCC3)CC2)cc1. The van der Waals surface area contributed by atoms with E-state index in [-0.39, 0.29) is 11.8 Å². The summed E-state index contributed by atoms with van der Waals surface area (Å²) in [5, 5.41) is 3.10. The van der Waals surface area contributed by atoms with E-state index in [2.05, 4.69) is 22.0 Å². The van der Waals surface area contributed by atoms with Crippen LogP contribution in [-0.2, 0) is 11.3 Å². The van der Waals surface area contributed by atoms with E-state index in [1.54, 1.807) is 7.11 Å². The van der Waals surface area contributed by atoms with E-state index < -0.39 is 0 Å². The third-order valence-corrected chi connectivity index (χ3v) is 6.28. The molecule has 1 aromatic carbocycles. The monoisotopic (exact) mass is 348 g/mol. The summed E-state index contributed by atoms with van der Waals surface area (Å²) in [6.07, 6.45) is 4.63. The lowest BCUT2D eigenvalue weighted by molar-refractivity contribution is -0.126. The van der Waals surface area contributed by atoms with Crippen LogP contribution in [0.5, 0.6) is 5.75 Å². The molecule has 0 aromatic heterocycles. The molecule has 0 spiro atoms. The molecule has 0 aliphatic carbocycles. The highest BCUT2D eigenvalue weighted by Gasteiger charge is 2.29. The minimum Gasteiger partial charge on any atom is -0.497 e. The molecule has 2 saturated heterocycles. The highest BCUT2D eigenvalue weighted by atomic mass is 32.2. The average Bonchev–Trinajstić information content (AvgIpc) is 2.67. The van der Waals surface area contributed by atoms with Gasteiger partial charge in [-0.1, -0.05) is 12.1 Å². The van der Waals surface area contributed by atoms with Gasteiger partial charge in [0.1, 0.15) is 5.75 Å². The number of ether oxygens (including phenoxy) is 1. The third-order valence-electron chi connectivity index (χ3n) is 5.23. The molecule has 0 unspecified atom stereocenters. The maximum atomic E-state index is 12.4. The van der Waals surface area contributed by atoms with Crippen LogP contribution in [-0.4, -0.2) is 48.6 Å². The number of benzene rings is 1. The van der Waals surface area contributed by atoms with Crippen molar-refractivity contribution in [2.75, 3.05) is 31.7 Å². The van der Waals surface area contributed by atoms with Gasteiger partial charge in [0.2, 0.25) is 5.91 Å². The molecule has 1 aromatic rings. The Morgan fingerprint density at radius 1 is 1.17 bits per heavy atom. The molecule has 2 aliphatic heterocycles. The maximum absolute atomic E-state index is 12.4. The van der Waals surface area contributed by atoms with E-state index in [4.69, 9.17) is 4.74 Å². The van der Waals surface area contributed by atoms with Crippen LogP contribution >= 0.6 is 11.8 Å². The number of carbonyl (C=O) groups excluding carboxylic acids is 1. The fraction of sp³-hybridized carbons (Fsp3) is 0.632. The Morgan fingerprint density at radius 3 is 2.46 bits per heavy atom. The molecular formula is C19H28N2O2S. The molecule has 5 heteroatoms. The second kappa shape index (κ2) is 8.77. The molecule has 1 N–H and O–H groups in total. The van der Waals surface area contributed by atoms with Crippen LogP contribution in [0.3, 0.4) is 0 Å². The maximum Gasteiger partial charge on any atom is 0.223 e. The van der Waals surface area contributed by atoms with E-state index in [0.717, 1.165) is 43.3 Å². The number of amides is 1. The van der Waals surface area contributed by atoms with Gasteiger partial charge in [0.05, 0.1) is 7.11 Å². The van der Waals surface area contributed by atoms with E-state index in [1.165, 1.54) is 24.3 Å². The first-order chi connectivity index (χ1) is 11.8. The van der Waals surface area contributed by atoms with Crippen LogP contribution in [0.15, 0.2) is 24.3 Å². The first-order valence-electron chi connectivity index (χ1n) is 8.98. The predicted molar refractivity (Wildman–Crippen MR) is 99.5 cm³/mol. The van der Waals surface area contributed by atoms with Gasteiger partial charge < -0.3 is 15.0 Å². The summed E-state index contributed by atoms with van der Waals surface area (Å²) >= 11 is 2.08. The van der Waals surface area contributed by atoms with Crippen molar-refractivity contribution >= 4 is 17.7 Å². The van der Waals surface area contributed by atoms with Crippen LogP contribution in [0.4, 0.5) is 0 Å². The fourth-order valence-electron chi connectivity index (χ4n) is 3.65. The molecule has 0 bridgehead atoms. The number of piperidine rings is 1. The van der Waals surface area contributed by atoms with Crippen molar-refractivity contribution in [2.45, 2.75) is 38.3 Å². The molecule has 24 heavy (non-hydrogen) atoms. The second-order valence-electron chi connectivity index (χ2n) is 6.72. The standard InChI is InChI=1S/C19H28N2O2S/c1-23-18-4-2-15(3-5-18)14-20-19(22)16-6-10-21(11-7-16)17-8-12-24-13-9-17/h2-5,16-17H,6-14H2,1H3,(H,20,22). The van der Waals surface area contributed by atoms with Crippen molar-refractivity contribution in [1.29, 1.82) is 0 Å². The first-order valence-corrected chi connectivity index (χ1v) is 10.1. The molecular weight excluding hydrogens is 320 g/mol. The Labute approximate surface area is 149 Å². The average molecular weight is 349 g/mol. The smallest absolute Gasteiger partial charge is 0.223 e. The van der Waals surface area contributed by atoms with E-state index in [0.29, 0.717) is 6.54 Å². The number of hydrogen-bond acceptors (Lipinski definition) is 4. The number of likely N-dealkylation sites (tertiary alicyclic amines) is 1. The molecule has 2 fully saturated rings.